The molecule has 2 aromatic carbocycles. The van der Waals surface area contributed by atoms with Crippen molar-refractivity contribution in [2.75, 3.05) is 6.54 Å². The Morgan fingerprint density at radius 3 is 2.69 bits per heavy atom. The highest BCUT2D eigenvalue weighted by Gasteiger charge is 2.05. The third kappa shape index (κ3) is 4.72. The molecule has 0 aliphatic heterocycles. The Morgan fingerprint density at radius 1 is 1.15 bits per heavy atom. The summed E-state index contributed by atoms with van der Waals surface area (Å²) in [6, 6.07) is 17.0. The van der Waals surface area contributed by atoms with Gasteiger partial charge in [-0.3, -0.25) is 0 Å². The van der Waals surface area contributed by atoms with Crippen molar-refractivity contribution >= 4 is 5.96 Å². The van der Waals surface area contributed by atoms with Crippen LogP contribution in [0.3, 0.4) is 0 Å². The molecule has 0 radical (unpaired) electrons. The van der Waals surface area contributed by atoms with Gasteiger partial charge < -0.3 is 15.6 Å². The molecule has 0 spiro atoms. The van der Waals surface area contributed by atoms with Crippen molar-refractivity contribution in [1.82, 2.24) is 14.9 Å². The summed E-state index contributed by atoms with van der Waals surface area (Å²) in [4.78, 5) is 8.54. The number of aromatic nitrogens is 2. The van der Waals surface area contributed by atoms with Crippen molar-refractivity contribution in [2.24, 2.45) is 10.7 Å². The first-order valence-electron chi connectivity index (χ1n) is 8.93. The molecule has 26 heavy (non-hydrogen) atoms. The molecule has 0 unspecified atom stereocenters. The molecular formula is C21H25N5. The number of benzene rings is 2. The van der Waals surface area contributed by atoms with Crippen LogP contribution in [-0.2, 0) is 13.1 Å². The Morgan fingerprint density at radius 2 is 1.96 bits per heavy atom. The van der Waals surface area contributed by atoms with E-state index in [0.717, 1.165) is 25.1 Å². The highest BCUT2D eigenvalue weighted by molar-refractivity contribution is 5.78. The predicted octanol–water partition coefficient (Wildman–Crippen LogP) is 3.41. The smallest absolute Gasteiger partial charge is 0.188 e. The van der Waals surface area contributed by atoms with Crippen LogP contribution >= 0.6 is 0 Å². The third-order valence-corrected chi connectivity index (χ3v) is 4.18. The summed E-state index contributed by atoms with van der Waals surface area (Å²) in [5.41, 5.74) is 10.7. The lowest BCUT2D eigenvalue weighted by molar-refractivity contribution is 0.797. The van der Waals surface area contributed by atoms with Crippen LogP contribution in [0.5, 0.6) is 0 Å². The van der Waals surface area contributed by atoms with Gasteiger partial charge in [-0.15, -0.1) is 0 Å². The minimum Gasteiger partial charge on any atom is -0.370 e. The number of rotatable bonds is 7. The van der Waals surface area contributed by atoms with Crippen LogP contribution in [0.25, 0.3) is 11.1 Å². The zero-order valence-electron chi connectivity index (χ0n) is 15.1. The Kier molecular flexibility index (Phi) is 6.04. The lowest BCUT2D eigenvalue weighted by Gasteiger charge is -2.10. The van der Waals surface area contributed by atoms with Gasteiger partial charge in [0.25, 0.3) is 0 Å². The maximum absolute atomic E-state index is 5.91. The third-order valence-electron chi connectivity index (χ3n) is 4.18. The van der Waals surface area contributed by atoms with Gasteiger partial charge in [-0.1, -0.05) is 55.5 Å². The zero-order valence-corrected chi connectivity index (χ0v) is 15.1. The molecule has 3 aromatic rings. The molecule has 0 aliphatic carbocycles. The highest BCUT2D eigenvalue weighted by atomic mass is 15.1. The van der Waals surface area contributed by atoms with Crippen LogP contribution in [0, 0.1) is 0 Å². The lowest BCUT2D eigenvalue weighted by atomic mass is 9.98. The van der Waals surface area contributed by atoms with Crippen LogP contribution in [0.15, 0.2) is 72.2 Å². The maximum Gasteiger partial charge on any atom is 0.188 e. The van der Waals surface area contributed by atoms with Crippen LogP contribution in [0.2, 0.25) is 0 Å². The van der Waals surface area contributed by atoms with Gasteiger partial charge in [0, 0.05) is 25.5 Å². The summed E-state index contributed by atoms with van der Waals surface area (Å²) in [5, 5.41) is 3.11. The molecule has 5 nitrogen and oxygen atoms in total. The van der Waals surface area contributed by atoms with E-state index < -0.39 is 0 Å². The second-order valence-electron chi connectivity index (χ2n) is 6.22. The van der Waals surface area contributed by atoms with Gasteiger partial charge in [-0.05, 0) is 28.7 Å². The molecule has 5 heteroatoms. The van der Waals surface area contributed by atoms with Gasteiger partial charge >= 0.3 is 0 Å². The standard InChI is InChI=1S/C21H25N5/c1-2-11-24-21(22)25-14-19-5-3-4-6-20(19)18-9-7-17(8-10-18)15-26-13-12-23-16-26/h3-10,12-13,16H,2,11,14-15H2,1H3,(H3,22,24,25). The number of nitrogens with one attached hydrogen (secondary N) is 1. The van der Waals surface area contributed by atoms with Gasteiger partial charge in [0.1, 0.15) is 0 Å². The fourth-order valence-electron chi connectivity index (χ4n) is 2.80. The first kappa shape index (κ1) is 17.7. The van der Waals surface area contributed by atoms with Gasteiger partial charge in [0.15, 0.2) is 5.96 Å². The Hall–Kier alpha value is -3.08. The molecule has 0 amide bonds. The normalized spacial score (nSPS) is 11.5. The van der Waals surface area contributed by atoms with E-state index in [1.54, 1.807) is 6.20 Å². The predicted molar refractivity (Wildman–Crippen MR) is 107 cm³/mol. The largest absolute Gasteiger partial charge is 0.370 e. The molecule has 3 rings (SSSR count). The van der Waals surface area contributed by atoms with E-state index in [1.807, 2.05) is 18.6 Å². The van der Waals surface area contributed by atoms with Crippen molar-refractivity contribution in [3.05, 3.63) is 78.4 Å². The van der Waals surface area contributed by atoms with Gasteiger partial charge in [0.2, 0.25) is 0 Å². The molecule has 0 saturated carbocycles. The number of hydrogen-bond acceptors (Lipinski definition) is 2. The van der Waals surface area contributed by atoms with Crippen molar-refractivity contribution < 1.29 is 0 Å². The SMILES string of the molecule is CCCNC(N)=NCc1ccccc1-c1ccc(Cn2ccnc2)cc1. The van der Waals surface area contributed by atoms with Crippen LogP contribution in [0.4, 0.5) is 0 Å². The Bertz CT molecular complexity index is 835. The minimum absolute atomic E-state index is 0.498. The highest BCUT2D eigenvalue weighted by Crippen LogP contribution is 2.25. The average Bonchev–Trinajstić information content (AvgIpc) is 3.18. The number of aliphatic imine (C=N–C) groups is 1. The van der Waals surface area contributed by atoms with E-state index in [2.05, 4.69) is 69.2 Å². The molecule has 1 aromatic heterocycles. The van der Waals surface area contributed by atoms with E-state index in [0.29, 0.717) is 12.5 Å². The average molecular weight is 347 g/mol. The fraction of sp³-hybridized carbons (Fsp3) is 0.238. The zero-order chi connectivity index (χ0) is 18.2. The second-order valence-corrected chi connectivity index (χ2v) is 6.22. The first-order chi connectivity index (χ1) is 12.8. The number of imidazole rings is 1. The van der Waals surface area contributed by atoms with E-state index in [4.69, 9.17) is 5.73 Å². The number of nitrogens with two attached hydrogens (primary N) is 1. The maximum atomic E-state index is 5.91. The number of hydrogen-bond donors (Lipinski definition) is 2. The van der Waals surface area contributed by atoms with Crippen LogP contribution < -0.4 is 11.1 Å². The lowest BCUT2D eigenvalue weighted by Crippen LogP contribution is -2.32. The van der Waals surface area contributed by atoms with E-state index in [-0.39, 0.29) is 0 Å². The molecule has 134 valence electrons. The molecular weight excluding hydrogens is 322 g/mol. The van der Waals surface area contributed by atoms with Gasteiger partial charge in [0.05, 0.1) is 12.9 Å². The molecule has 0 bridgehead atoms. The quantitative estimate of drug-likeness (QED) is 0.508. The molecule has 0 aliphatic rings. The molecule has 0 saturated heterocycles. The summed E-state index contributed by atoms with van der Waals surface area (Å²) in [6.07, 6.45) is 6.63. The fourth-order valence-corrected chi connectivity index (χ4v) is 2.80. The number of guanidine groups is 1. The minimum atomic E-state index is 0.498. The molecule has 3 N–H and O–H groups in total. The second kappa shape index (κ2) is 8.85. The van der Waals surface area contributed by atoms with Crippen molar-refractivity contribution in [2.45, 2.75) is 26.4 Å². The Labute approximate surface area is 154 Å². The topological polar surface area (TPSA) is 68.2 Å². The van der Waals surface area contributed by atoms with Crippen molar-refractivity contribution in [3.63, 3.8) is 0 Å². The van der Waals surface area contributed by atoms with E-state index in [9.17, 15) is 0 Å². The van der Waals surface area contributed by atoms with Crippen molar-refractivity contribution in [1.29, 1.82) is 0 Å². The van der Waals surface area contributed by atoms with Crippen LogP contribution in [-0.4, -0.2) is 22.1 Å². The Balaban J connectivity index is 1.74. The molecule has 0 atom stereocenters. The first-order valence-corrected chi connectivity index (χ1v) is 8.93. The summed E-state index contributed by atoms with van der Waals surface area (Å²) in [6.45, 7) is 4.34. The van der Waals surface area contributed by atoms with Gasteiger partial charge in [-0.25, -0.2) is 9.98 Å². The van der Waals surface area contributed by atoms with E-state index >= 15 is 0 Å². The monoisotopic (exact) mass is 347 g/mol. The van der Waals surface area contributed by atoms with Crippen molar-refractivity contribution in [3.8, 4) is 11.1 Å². The van der Waals surface area contributed by atoms with E-state index in [1.165, 1.54) is 16.7 Å². The number of nitrogens with zero attached hydrogens (tertiary/aromatic N) is 3. The molecule has 0 fully saturated rings. The summed E-state index contributed by atoms with van der Waals surface area (Å²) >= 11 is 0. The summed E-state index contributed by atoms with van der Waals surface area (Å²) < 4.78 is 2.06. The summed E-state index contributed by atoms with van der Waals surface area (Å²) in [7, 11) is 0. The summed E-state index contributed by atoms with van der Waals surface area (Å²) in [5.74, 6) is 0.498. The van der Waals surface area contributed by atoms with Crippen LogP contribution in [0.1, 0.15) is 24.5 Å². The molecule has 1 heterocycles. The van der Waals surface area contributed by atoms with Gasteiger partial charge in [-0.2, -0.15) is 0 Å².